The minimum atomic E-state index is -0.515. The second-order valence-electron chi connectivity index (χ2n) is 5.20. The first-order valence-electron chi connectivity index (χ1n) is 6.09. The highest BCUT2D eigenvalue weighted by Gasteiger charge is 2.32. The predicted molar refractivity (Wildman–Crippen MR) is 66.5 cm³/mol. The number of hydrogen-bond donors (Lipinski definition) is 2. The van der Waals surface area contributed by atoms with E-state index in [-0.39, 0.29) is 0 Å². The minimum absolute atomic E-state index is 0.420. The normalized spacial score (nSPS) is 30.3. The van der Waals surface area contributed by atoms with Crippen molar-refractivity contribution < 1.29 is 5.11 Å². The Balaban J connectivity index is 2.08. The lowest BCUT2D eigenvalue weighted by atomic mass is 9.83. The molecule has 2 atom stereocenters. The summed E-state index contributed by atoms with van der Waals surface area (Å²) in [7, 11) is 0. The van der Waals surface area contributed by atoms with Gasteiger partial charge in [-0.05, 0) is 38.8 Å². The van der Waals surface area contributed by atoms with E-state index in [4.69, 9.17) is 0 Å². The van der Waals surface area contributed by atoms with Crippen LogP contribution in [0.5, 0.6) is 0 Å². The average molecular weight is 219 g/mol. The summed E-state index contributed by atoms with van der Waals surface area (Å²) in [4.78, 5) is 0. The van der Waals surface area contributed by atoms with Crippen LogP contribution in [0, 0.1) is 6.92 Å². The number of aliphatic hydroxyl groups is 1. The van der Waals surface area contributed by atoms with Crippen LogP contribution < -0.4 is 5.32 Å². The molecule has 0 aliphatic carbocycles. The van der Waals surface area contributed by atoms with Crippen LogP contribution in [0.3, 0.4) is 0 Å². The van der Waals surface area contributed by atoms with Crippen LogP contribution in [0.25, 0.3) is 0 Å². The van der Waals surface area contributed by atoms with Crippen LogP contribution >= 0.6 is 0 Å². The summed E-state index contributed by atoms with van der Waals surface area (Å²) < 4.78 is 0. The maximum Gasteiger partial charge on any atom is 0.0714 e. The average Bonchev–Trinajstić information content (AvgIpc) is 2.16. The van der Waals surface area contributed by atoms with Gasteiger partial charge in [0, 0.05) is 12.5 Å². The van der Waals surface area contributed by atoms with Crippen LogP contribution in [0.15, 0.2) is 24.3 Å². The van der Waals surface area contributed by atoms with Gasteiger partial charge in [-0.2, -0.15) is 0 Å². The topological polar surface area (TPSA) is 32.3 Å². The zero-order chi connectivity index (χ0) is 11.6. The van der Waals surface area contributed by atoms with E-state index in [0.29, 0.717) is 6.04 Å². The standard InChI is InChI=1S/C14H21NO/c1-11-4-3-5-13(8-11)10-14(16)6-7-15-12(2)9-14/h3-5,8,12,15-16H,6-7,9-10H2,1-2H3. The fourth-order valence-corrected chi connectivity index (χ4v) is 2.66. The number of benzene rings is 1. The van der Waals surface area contributed by atoms with E-state index < -0.39 is 5.60 Å². The molecule has 1 aromatic rings. The van der Waals surface area contributed by atoms with Crippen molar-refractivity contribution in [3.8, 4) is 0 Å². The molecule has 0 spiro atoms. The quantitative estimate of drug-likeness (QED) is 0.798. The molecule has 2 nitrogen and oxygen atoms in total. The van der Waals surface area contributed by atoms with E-state index >= 15 is 0 Å². The Morgan fingerprint density at radius 1 is 1.50 bits per heavy atom. The lowest BCUT2D eigenvalue weighted by molar-refractivity contribution is -0.00125. The Labute approximate surface area is 97.7 Å². The van der Waals surface area contributed by atoms with Crippen molar-refractivity contribution >= 4 is 0 Å². The predicted octanol–water partition coefficient (Wildman–Crippen LogP) is 2.04. The summed E-state index contributed by atoms with van der Waals surface area (Å²) in [6.07, 6.45) is 2.48. The lowest BCUT2D eigenvalue weighted by Crippen LogP contribution is -2.47. The molecule has 0 amide bonds. The van der Waals surface area contributed by atoms with Gasteiger partial charge in [-0.1, -0.05) is 29.8 Å². The molecule has 88 valence electrons. The van der Waals surface area contributed by atoms with Crippen molar-refractivity contribution in [2.75, 3.05) is 6.54 Å². The molecule has 2 unspecified atom stereocenters. The van der Waals surface area contributed by atoms with E-state index in [1.807, 2.05) is 0 Å². The summed E-state index contributed by atoms with van der Waals surface area (Å²) in [5.41, 5.74) is 2.00. The third-order valence-corrected chi connectivity index (χ3v) is 3.38. The third-order valence-electron chi connectivity index (χ3n) is 3.38. The molecule has 2 rings (SSSR count). The van der Waals surface area contributed by atoms with Crippen molar-refractivity contribution in [2.45, 2.75) is 44.8 Å². The molecule has 0 bridgehead atoms. The van der Waals surface area contributed by atoms with Gasteiger partial charge < -0.3 is 10.4 Å². The Hall–Kier alpha value is -0.860. The van der Waals surface area contributed by atoms with Crippen molar-refractivity contribution in [1.29, 1.82) is 0 Å². The van der Waals surface area contributed by atoms with Gasteiger partial charge in [0.15, 0.2) is 0 Å². The first-order valence-corrected chi connectivity index (χ1v) is 6.09. The summed E-state index contributed by atoms with van der Waals surface area (Å²) >= 11 is 0. The molecular formula is C14H21NO. The monoisotopic (exact) mass is 219 g/mol. The Bertz CT molecular complexity index is 364. The number of piperidine rings is 1. The fourth-order valence-electron chi connectivity index (χ4n) is 2.66. The molecule has 1 aliphatic heterocycles. The van der Waals surface area contributed by atoms with Gasteiger partial charge in [-0.15, -0.1) is 0 Å². The van der Waals surface area contributed by atoms with Crippen molar-refractivity contribution in [2.24, 2.45) is 0 Å². The van der Waals surface area contributed by atoms with E-state index in [2.05, 4.69) is 43.4 Å². The third kappa shape index (κ3) is 2.83. The second-order valence-corrected chi connectivity index (χ2v) is 5.20. The molecule has 2 N–H and O–H groups in total. The van der Waals surface area contributed by atoms with Crippen molar-refractivity contribution in [3.63, 3.8) is 0 Å². The molecular weight excluding hydrogens is 198 g/mol. The van der Waals surface area contributed by atoms with Crippen LogP contribution in [0.2, 0.25) is 0 Å². The molecule has 1 heterocycles. The van der Waals surface area contributed by atoms with Crippen LogP contribution in [-0.2, 0) is 6.42 Å². The van der Waals surface area contributed by atoms with Gasteiger partial charge in [0.05, 0.1) is 5.60 Å². The zero-order valence-electron chi connectivity index (χ0n) is 10.2. The molecule has 1 fully saturated rings. The van der Waals surface area contributed by atoms with Gasteiger partial charge in [0.2, 0.25) is 0 Å². The number of rotatable bonds is 2. The Kier molecular flexibility index (Phi) is 3.31. The molecule has 0 aromatic heterocycles. The fraction of sp³-hybridized carbons (Fsp3) is 0.571. The first-order chi connectivity index (χ1) is 7.57. The zero-order valence-corrected chi connectivity index (χ0v) is 10.2. The molecule has 16 heavy (non-hydrogen) atoms. The molecule has 1 saturated heterocycles. The van der Waals surface area contributed by atoms with Crippen LogP contribution in [-0.4, -0.2) is 23.3 Å². The van der Waals surface area contributed by atoms with Crippen molar-refractivity contribution in [3.05, 3.63) is 35.4 Å². The van der Waals surface area contributed by atoms with Gasteiger partial charge in [0.1, 0.15) is 0 Å². The lowest BCUT2D eigenvalue weighted by Gasteiger charge is -2.36. The summed E-state index contributed by atoms with van der Waals surface area (Å²) in [5.74, 6) is 0. The van der Waals surface area contributed by atoms with Gasteiger partial charge >= 0.3 is 0 Å². The summed E-state index contributed by atoms with van der Waals surface area (Å²) in [6.45, 7) is 5.16. The SMILES string of the molecule is Cc1cccc(CC2(O)CCNC(C)C2)c1. The highest BCUT2D eigenvalue weighted by atomic mass is 16.3. The van der Waals surface area contributed by atoms with Gasteiger partial charge in [0.25, 0.3) is 0 Å². The number of aryl methyl sites for hydroxylation is 1. The highest BCUT2D eigenvalue weighted by molar-refractivity contribution is 5.24. The highest BCUT2D eigenvalue weighted by Crippen LogP contribution is 2.26. The first kappa shape index (κ1) is 11.6. The smallest absolute Gasteiger partial charge is 0.0714 e. The van der Waals surface area contributed by atoms with E-state index in [1.165, 1.54) is 11.1 Å². The van der Waals surface area contributed by atoms with E-state index in [0.717, 1.165) is 25.8 Å². The molecule has 1 aromatic carbocycles. The Morgan fingerprint density at radius 2 is 2.31 bits per heavy atom. The van der Waals surface area contributed by atoms with Gasteiger partial charge in [-0.3, -0.25) is 0 Å². The summed E-state index contributed by atoms with van der Waals surface area (Å²) in [5, 5.41) is 13.9. The number of nitrogens with one attached hydrogen (secondary N) is 1. The maximum atomic E-state index is 10.5. The maximum absolute atomic E-state index is 10.5. The van der Waals surface area contributed by atoms with E-state index in [9.17, 15) is 5.11 Å². The molecule has 1 aliphatic rings. The van der Waals surface area contributed by atoms with Crippen LogP contribution in [0.1, 0.15) is 30.9 Å². The molecule has 0 saturated carbocycles. The summed E-state index contributed by atoms with van der Waals surface area (Å²) in [6, 6.07) is 8.86. The Morgan fingerprint density at radius 3 is 3.00 bits per heavy atom. The molecule has 2 heteroatoms. The minimum Gasteiger partial charge on any atom is -0.389 e. The van der Waals surface area contributed by atoms with Crippen molar-refractivity contribution in [1.82, 2.24) is 5.32 Å². The number of hydrogen-bond acceptors (Lipinski definition) is 2. The van der Waals surface area contributed by atoms with Gasteiger partial charge in [-0.25, -0.2) is 0 Å². The second kappa shape index (κ2) is 4.56. The van der Waals surface area contributed by atoms with E-state index in [1.54, 1.807) is 0 Å². The van der Waals surface area contributed by atoms with Crippen LogP contribution in [0.4, 0.5) is 0 Å². The largest absolute Gasteiger partial charge is 0.389 e. The molecule has 0 radical (unpaired) electrons.